The summed E-state index contributed by atoms with van der Waals surface area (Å²) in [4.78, 5) is 9.32. The van der Waals surface area contributed by atoms with E-state index in [4.69, 9.17) is 0 Å². The number of imidazole rings is 1. The fourth-order valence-corrected chi connectivity index (χ4v) is 3.34. The number of aliphatic hydroxyl groups excluding tert-OH is 1. The molecule has 0 fully saturated rings. The molecule has 0 amide bonds. The van der Waals surface area contributed by atoms with Crippen molar-refractivity contribution in [3.8, 4) is 0 Å². The first kappa shape index (κ1) is 25.1. The highest BCUT2D eigenvalue weighted by molar-refractivity contribution is 14.0. The number of hydrogen-bond acceptors (Lipinski definition) is 3. The van der Waals surface area contributed by atoms with Crippen LogP contribution in [0.1, 0.15) is 50.8 Å². The molecule has 0 aliphatic carbocycles. The van der Waals surface area contributed by atoms with E-state index < -0.39 is 6.10 Å². The number of aliphatic imine (C=N–C) groups is 1. The largest absolute Gasteiger partial charge is 0.387 e. The molecular weight excluding hydrogens is 501 g/mol. The van der Waals surface area contributed by atoms with E-state index in [1.807, 2.05) is 44.3 Å². The summed E-state index contributed by atoms with van der Waals surface area (Å²) in [5.74, 6) is 1.56. The minimum absolute atomic E-state index is 0. The number of rotatable bonds is 6. The lowest BCUT2D eigenvalue weighted by atomic mass is 9.86. The average Bonchev–Trinajstić information content (AvgIpc) is 3.05. The smallest absolute Gasteiger partial charge is 0.191 e. The molecule has 0 saturated carbocycles. The van der Waals surface area contributed by atoms with E-state index in [0.29, 0.717) is 19.0 Å². The monoisotopic (exact) mass is 535 g/mol. The van der Waals surface area contributed by atoms with E-state index in [2.05, 4.69) is 64.1 Å². The molecule has 0 aliphatic rings. The zero-order chi connectivity index (χ0) is 21.7. The maximum atomic E-state index is 10.6. The maximum absolute atomic E-state index is 10.6. The Hall–Kier alpha value is -2.13. The van der Waals surface area contributed by atoms with Crippen molar-refractivity contribution in [2.45, 2.75) is 45.8 Å². The number of aryl methyl sites for hydroxylation is 1. The molecule has 1 unspecified atom stereocenters. The van der Waals surface area contributed by atoms with E-state index in [1.165, 1.54) is 5.56 Å². The van der Waals surface area contributed by atoms with Gasteiger partial charge >= 0.3 is 0 Å². The molecule has 3 aromatic rings. The van der Waals surface area contributed by atoms with Gasteiger partial charge in [-0.1, -0.05) is 57.2 Å². The van der Waals surface area contributed by atoms with Gasteiger partial charge in [-0.3, -0.25) is 0 Å². The molecule has 168 valence electrons. The highest BCUT2D eigenvalue weighted by Crippen LogP contribution is 2.23. The molecule has 7 heteroatoms. The summed E-state index contributed by atoms with van der Waals surface area (Å²) in [6.07, 6.45) is -0.612. The van der Waals surface area contributed by atoms with Crippen LogP contribution in [-0.4, -0.2) is 33.7 Å². The van der Waals surface area contributed by atoms with Crippen molar-refractivity contribution in [3.63, 3.8) is 0 Å². The first-order valence-corrected chi connectivity index (χ1v) is 10.5. The Bertz CT molecular complexity index is 1000. The summed E-state index contributed by atoms with van der Waals surface area (Å²) in [7, 11) is 2.01. The van der Waals surface area contributed by atoms with Crippen LogP contribution in [0.3, 0.4) is 0 Å². The third kappa shape index (κ3) is 6.43. The van der Waals surface area contributed by atoms with E-state index in [1.54, 1.807) is 0 Å². The van der Waals surface area contributed by atoms with E-state index in [-0.39, 0.29) is 29.4 Å². The Morgan fingerprint density at radius 2 is 1.77 bits per heavy atom. The van der Waals surface area contributed by atoms with Crippen molar-refractivity contribution in [1.29, 1.82) is 0 Å². The summed E-state index contributed by atoms with van der Waals surface area (Å²) >= 11 is 0. The topological polar surface area (TPSA) is 74.5 Å². The number of aliphatic hydroxyl groups is 1. The van der Waals surface area contributed by atoms with Gasteiger partial charge in [0.1, 0.15) is 12.4 Å². The van der Waals surface area contributed by atoms with Gasteiger partial charge in [0, 0.05) is 20.1 Å². The lowest BCUT2D eigenvalue weighted by molar-refractivity contribution is 0.181. The number of fused-ring (bicyclic) bond motifs is 1. The Morgan fingerprint density at radius 3 is 2.39 bits per heavy atom. The molecule has 6 nitrogen and oxygen atoms in total. The van der Waals surface area contributed by atoms with Gasteiger partial charge in [0.05, 0.1) is 17.1 Å². The molecule has 1 atom stereocenters. The van der Waals surface area contributed by atoms with Crippen molar-refractivity contribution >= 4 is 41.0 Å². The molecule has 0 radical (unpaired) electrons. The van der Waals surface area contributed by atoms with Crippen LogP contribution in [0.15, 0.2) is 53.5 Å². The Labute approximate surface area is 202 Å². The summed E-state index contributed by atoms with van der Waals surface area (Å²) in [6, 6.07) is 16.2. The van der Waals surface area contributed by atoms with Crippen molar-refractivity contribution in [3.05, 3.63) is 65.5 Å². The number of nitrogens with one attached hydrogen (secondary N) is 2. The minimum Gasteiger partial charge on any atom is -0.387 e. The predicted octanol–water partition coefficient (Wildman–Crippen LogP) is 4.28. The van der Waals surface area contributed by atoms with Crippen LogP contribution in [0.2, 0.25) is 0 Å². The minimum atomic E-state index is -0.612. The van der Waals surface area contributed by atoms with Crippen molar-refractivity contribution in [2.24, 2.45) is 12.0 Å². The van der Waals surface area contributed by atoms with Crippen molar-refractivity contribution < 1.29 is 5.11 Å². The van der Waals surface area contributed by atoms with Gasteiger partial charge < -0.3 is 20.3 Å². The zero-order valence-electron chi connectivity index (χ0n) is 19.0. The number of para-hydroxylation sites is 2. The lowest BCUT2D eigenvalue weighted by Crippen LogP contribution is -2.39. The quantitative estimate of drug-likeness (QED) is 0.250. The molecule has 1 aromatic heterocycles. The summed E-state index contributed by atoms with van der Waals surface area (Å²) in [5, 5.41) is 17.1. The number of hydrogen-bond donors (Lipinski definition) is 3. The standard InChI is InChI=1S/C24H33N5O.HI/c1-6-25-23(27-16-22-28-19-9-7-8-10-20(19)29(22)5)26-15-21(30)17-11-13-18(14-12-17)24(2,3)4;/h7-14,21,30H,6,15-16H2,1-5H3,(H2,25,26,27);1H. The fraction of sp³-hybridized carbons (Fsp3) is 0.417. The average molecular weight is 535 g/mol. The highest BCUT2D eigenvalue weighted by Gasteiger charge is 2.15. The van der Waals surface area contributed by atoms with Crippen LogP contribution in [-0.2, 0) is 19.0 Å². The first-order valence-electron chi connectivity index (χ1n) is 10.5. The van der Waals surface area contributed by atoms with Gasteiger partial charge in [0.2, 0.25) is 0 Å². The summed E-state index contributed by atoms with van der Waals surface area (Å²) in [6.45, 7) is 10.1. The van der Waals surface area contributed by atoms with Crippen LogP contribution >= 0.6 is 24.0 Å². The molecule has 0 spiro atoms. The third-order valence-electron chi connectivity index (χ3n) is 5.23. The number of guanidine groups is 1. The molecule has 2 aromatic carbocycles. The molecule has 0 saturated heterocycles. The Balaban J connectivity index is 0.00000341. The second-order valence-corrected chi connectivity index (χ2v) is 8.54. The van der Waals surface area contributed by atoms with Crippen LogP contribution in [0.5, 0.6) is 0 Å². The zero-order valence-corrected chi connectivity index (χ0v) is 21.3. The molecule has 31 heavy (non-hydrogen) atoms. The SMILES string of the molecule is CCNC(=NCc1nc2ccccc2n1C)NCC(O)c1ccc(C(C)(C)C)cc1.I. The molecule has 1 heterocycles. The van der Waals surface area contributed by atoms with Crippen LogP contribution in [0.25, 0.3) is 11.0 Å². The van der Waals surface area contributed by atoms with Gasteiger partial charge in [-0.05, 0) is 35.6 Å². The van der Waals surface area contributed by atoms with E-state index in [9.17, 15) is 5.11 Å². The van der Waals surface area contributed by atoms with Crippen LogP contribution < -0.4 is 10.6 Å². The first-order chi connectivity index (χ1) is 14.3. The second-order valence-electron chi connectivity index (χ2n) is 8.54. The van der Waals surface area contributed by atoms with Gasteiger partial charge in [-0.15, -0.1) is 24.0 Å². The van der Waals surface area contributed by atoms with Gasteiger partial charge in [-0.25, -0.2) is 9.98 Å². The van der Waals surface area contributed by atoms with Gasteiger partial charge in [0.25, 0.3) is 0 Å². The fourth-order valence-electron chi connectivity index (χ4n) is 3.34. The predicted molar refractivity (Wildman–Crippen MR) is 139 cm³/mol. The highest BCUT2D eigenvalue weighted by atomic mass is 127. The number of halogens is 1. The van der Waals surface area contributed by atoms with Gasteiger partial charge in [-0.2, -0.15) is 0 Å². The van der Waals surface area contributed by atoms with Gasteiger partial charge in [0.15, 0.2) is 5.96 Å². The van der Waals surface area contributed by atoms with E-state index in [0.717, 1.165) is 29.0 Å². The number of aromatic nitrogens is 2. The van der Waals surface area contributed by atoms with Crippen molar-refractivity contribution in [1.82, 2.24) is 20.2 Å². The maximum Gasteiger partial charge on any atom is 0.191 e. The van der Waals surface area contributed by atoms with Crippen molar-refractivity contribution in [2.75, 3.05) is 13.1 Å². The summed E-state index contributed by atoms with van der Waals surface area (Å²) in [5.41, 5.74) is 4.31. The van der Waals surface area contributed by atoms with E-state index >= 15 is 0 Å². The number of benzene rings is 2. The van der Waals surface area contributed by atoms with Crippen LogP contribution in [0.4, 0.5) is 0 Å². The molecule has 0 aliphatic heterocycles. The lowest BCUT2D eigenvalue weighted by Gasteiger charge is -2.20. The Morgan fingerprint density at radius 1 is 1.10 bits per heavy atom. The molecular formula is C24H34IN5O. The normalized spacial score (nSPS) is 13.0. The van der Waals surface area contributed by atoms with Crippen LogP contribution in [0, 0.1) is 0 Å². The summed E-state index contributed by atoms with van der Waals surface area (Å²) < 4.78 is 2.06. The molecule has 3 N–H and O–H groups in total. The molecule has 0 bridgehead atoms. The third-order valence-corrected chi connectivity index (χ3v) is 5.23. The molecule has 3 rings (SSSR count). The Kier molecular flexibility index (Phi) is 8.88. The second kappa shape index (κ2) is 10.9. The number of nitrogens with zero attached hydrogens (tertiary/aromatic N) is 3.